The molecule has 1 fully saturated rings. The molecule has 0 saturated carbocycles. The number of carbonyl (C=O) groups excluding carboxylic acids is 1. The highest BCUT2D eigenvalue weighted by Crippen LogP contribution is 2.24. The number of benzene rings is 2. The molecule has 0 aliphatic carbocycles. The lowest BCUT2D eigenvalue weighted by atomic mass is 9.89. The van der Waals surface area contributed by atoms with Crippen LogP contribution in [0.25, 0.3) is 11.1 Å². The van der Waals surface area contributed by atoms with Crippen LogP contribution in [0.3, 0.4) is 0 Å². The Morgan fingerprint density at radius 3 is 2.37 bits per heavy atom. The van der Waals surface area contributed by atoms with Crippen LogP contribution < -0.4 is 0 Å². The van der Waals surface area contributed by atoms with Crippen LogP contribution in [0.4, 0.5) is 0 Å². The zero-order valence-electron chi connectivity index (χ0n) is 15.4. The average Bonchev–Trinajstić information content (AvgIpc) is 2.75. The summed E-state index contributed by atoms with van der Waals surface area (Å²) in [7, 11) is 0. The van der Waals surface area contributed by atoms with Crippen LogP contribution in [0, 0.1) is 5.92 Å². The minimum Gasteiger partial charge on any atom is -0.298 e. The highest BCUT2D eigenvalue weighted by atomic mass is 16.1. The van der Waals surface area contributed by atoms with Gasteiger partial charge in [0.2, 0.25) is 0 Å². The number of piperidine rings is 1. The monoisotopic (exact) mass is 356 g/mol. The predicted molar refractivity (Wildman–Crippen MR) is 108 cm³/mol. The van der Waals surface area contributed by atoms with Gasteiger partial charge in [-0.1, -0.05) is 54.6 Å². The SMILES string of the molecule is O=C(c1ccc(-c2ccccc2)cc1)[C@H]1CCCN(Cc2ccncc2)C1. The first-order valence-corrected chi connectivity index (χ1v) is 9.60. The highest BCUT2D eigenvalue weighted by molar-refractivity contribution is 5.98. The number of likely N-dealkylation sites (tertiary alicyclic amines) is 1. The molecule has 1 aromatic heterocycles. The van der Waals surface area contributed by atoms with Crippen molar-refractivity contribution in [3.63, 3.8) is 0 Å². The van der Waals surface area contributed by atoms with Crippen LogP contribution in [-0.2, 0) is 6.54 Å². The van der Waals surface area contributed by atoms with E-state index in [2.05, 4.69) is 34.1 Å². The third-order valence-electron chi connectivity index (χ3n) is 5.31. The minimum absolute atomic E-state index is 0.0863. The fourth-order valence-corrected chi connectivity index (χ4v) is 3.85. The molecule has 3 heteroatoms. The summed E-state index contributed by atoms with van der Waals surface area (Å²) in [4.78, 5) is 19.5. The van der Waals surface area contributed by atoms with Crippen LogP contribution in [0.1, 0.15) is 28.8 Å². The maximum atomic E-state index is 13.0. The van der Waals surface area contributed by atoms with Crippen molar-refractivity contribution in [2.75, 3.05) is 13.1 Å². The van der Waals surface area contributed by atoms with E-state index in [9.17, 15) is 4.79 Å². The summed E-state index contributed by atoms with van der Waals surface area (Å²) in [6.45, 7) is 2.78. The van der Waals surface area contributed by atoms with Crippen molar-refractivity contribution in [3.05, 3.63) is 90.3 Å². The Morgan fingerprint density at radius 1 is 0.926 bits per heavy atom. The van der Waals surface area contributed by atoms with Gasteiger partial charge in [-0.25, -0.2) is 0 Å². The van der Waals surface area contributed by atoms with Crippen molar-refractivity contribution in [2.45, 2.75) is 19.4 Å². The topological polar surface area (TPSA) is 33.2 Å². The summed E-state index contributed by atoms with van der Waals surface area (Å²) < 4.78 is 0. The molecule has 136 valence electrons. The van der Waals surface area contributed by atoms with Gasteiger partial charge in [0.05, 0.1) is 0 Å². The van der Waals surface area contributed by atoms with Crippen molar-refractivity contribution in [1.29, 1.82) is 0 Å². The highest BCUT2D eigenvalue weighted by Gasteiger charge is 2.26. The van der Waals surface area contributed by atoms with Gasteiger partial charge in [-0.2, -0.15) is 0 Å². The number of rotatable bonds is 5. The fraction of sp³-hybridized carbons (Fsp3) is 0.250. The van der Waals surface area contributed by atoms with Gasteiger partial charge in [-0.05, 0) is 48.2 Å². The Kier molecular flexibility index (Phi) is 5.40. The van der Waals surface area contributed by atoms with E-state index in [0.29, 0.717) is 0 Å². The molecular weight excluding hydrogens is 332 g/mol. The Hall–Kier alpha value is -2.78. The Bertz CT molecular complexity index is 875. The Balaban J connectivity index is 1.42. The lowest BCUT2D eigenvalue weighted by Crippen LogP contribution is -2.38. The fourth-order valence-electron chi connectivity index (χ4n) is 3.85. The molecule has 0 unspecified atom stereocenters. The second-order valence-electron chi connectivity index (χ2n) is 7.24. The molecule has 4 rings (SSSR count). The van der Waals surface area contributed by atoms with E-state index >= 15 is 0 Å². The quantitative estimate of drug-likeness (QED) is 0.613. The van der Waals surface area contributed by atoms with Crippen LogP contribution in [-0.4, -0.2) is 28.8 Å². The van der Waals surface area contributed by atoms with Crippen molar-refractivity contribution < 1.29 is 4.79 Å². The van der Waals surface area contributed by atoms with Crippen molar-refractivity contribution in [3.8, 4) is 11.1 Å². The summed E-state index contributed by atoms with van der Waals surface area (Å²) in [6.07, 6.45) is 5.71. The molecule has 1 aliphatic rings. The molecule has 2 heterocycles. The average molecular weight is 356 g/mol. The maximum absolute atomic E-state index is 13.0. The summed E-state index contributed by atoms with van der Waals surface area (Å²) in [5.41, 5.74) is 4.41. The number of nitrogens with zero attached hydrogens (tertiary/aromatic N) is 2. The molecule has 0 bridgehead atoms. The van der Waals surface area contributed by atoms with Gasteiger partial charge < -0.3 is 0 Å². The van der Waals surface area contributed by atoms with Crippen LogP contribution in [0.15, 0.2) is 79.1 Å². The molecule has 3 nitrogen and oxygen atoms in total. The third kappa shape index (κ3) is 4.32. The van der Waals surface area contributed by atoms with E-state index in [1.54, 1.807) is 0 Å². The summed E-state index contributed by atoms with van der Waals surface area (Å²) in [6, 6.07) is 22.4. The molecular formula is C24H24N2O. The van der Waals surface area contributed by atoms with Gasteiger partial charge in [-0.3, -0.25) is 14.7 Å². The molecule has 0 radical (unpaired) electrons. The normalized spacial score (nSPS) is 17.6. The van der Waals surface area contributed by atoms with Gasteiger partial charge in [0, 0.05) is 37.0 Å². The molecule has 2 aromatic carbocycles. The lowest BCUT2D eigenvalue weighted by Gasteiger charge is -2.32. The van der Waals surface area contributed by atoms with Crippen LogP contribution >= 0.6 is 0 Å². The van der Waals surface area contributed by atoms with Crippen molar-refractivity contribution in [2.24, 2.45) is 5.92 Å². The first-order valence-electron chi connectivity index (χ1n) is 9.60. The molecule has 0 N–H and O–H groups in total. The molecule has 0 spiro atoms. The van der Waals surface area contributed by atoms with Crippen molar-refractivity contribution in [1.82, 2.24) is 9.88 Å². The molecule has 1 aliphatic heterocycles. The predicted octanol–water partition coefficient (Wildman–Crippen LogP) is 4.84. The second kappa shape index (κ2) is 8.28. The van der Waals surface area contributed by atoms with E-state index in [0.717, 1.165) is 43.6 Å². The van der Waals surface area contributed by atoms with E-state index in [4.69, 9.17) is 0 Å². The maximum Gasteiger partial charge on any atom is 0.167 e. The summed E-state index contributed by atoms with van der Waals surface area (Å²) >= 11 is 0. The largest absolute Gasteiger partial charge is 0.298 e. The van der Waals surface area contributed by atoms with E-state index < -0.39 is 0 Å². The number of hydrogen-bond donors (Lipinski definition) is 0. The smallest absolute Gasteiger partial charge is 0.167 e. The van der Waals surface area contributed by atoms with Gasteiger partial charge in [-0.15, -0.1) is 0 Å². The molecule has 27 heavy (non-hydrogen) atoms. The Morgan fingerprint density at radius 2 is 1.63 bits per heavy atom. The zero-order chi connectivity index (χ0) is 18.5. The lowest BCUT2D eigenvalue weighted by molar-refractivity contribution is 0.0811. The minimum atomic E-state index is 0.0863. The zero-order valence-corrected chi connectivity index (χ0v) is 15.4. The molecule has 0 amide bonds. The van der Waals surface area contributed by atoms with Crippen molar-refractivity contribution >= 4 is 5.78 Å². The first kappa shape index (κ1) is 17.6. The molecule has 1 saturated heterocycles. The van der Waals surface area contributed by atoms with E-state index in [1.807, 2.05) is 54.9 Å². The third-order valence-corrected chi connectivity index (χ3v) is 5.31. The van der Waals surface area contributed by atoms with Gasteiger partial charge in [0.25, 0.3) is 0 Å². The van der Waals surface area contributed by atoms with Gasteiger partial charge >= 0.3 is 0 Å². The van der Waals surface area contributed by atoms with E-state index in [1.165, 1.54) is 11.1 Å². The number of carbonyl (C=O) groups is 1. The number of Topliss-reactive ketones (excluding diaryl/α,β-unsaturated/α-hetero) is 1. The van der Waals surface area contributed by atoms with Gasteiger partial charge in [0.15, 0.2) is 5.78 Å². The first-order chi connectivity index (χ1) is 13.3. The summed E-state index contributed by atoms with van der Waals surface area (Å²) in [5, 5.41) is 0. The van der Waals surface area contributed by atoms with E-state index in [-0.39, 0.29) is 11.7 Å². The standard InChI is InChI=1S/C24H24N2O/c27-24(22-10-8-21(9-11-22)20-5-2-1-3-6-20)23-7-4-16-26(18-23)17-19-12-14-25-15-13-19/h1-3,5-6,8-15,23H,4,7,16-18H2/t23-/m0/s1. The molecule has 1 atom stereocenters. The van der Waals surface area contributed by atoms with Crippen LogP contribution in [0.5, 0.6) is 0 Å². The van der Waals surface area contributed by atoms with Crippen LogP contribution in [0.2, 0.25) is 0 Å². The molecule has 3 aromatic rings. The number of ketones is 1. The Labute approximate surface area is 160 Å². The van der Waals surface area contributed by atoms with Gasteiger partial charge in [0.1, 0.15) is 0 Å². The second-order valence-corrected chi connectivity index (χ2v) is 7.24. The summed E-state index contributed by atoms with van der Waals surface area (Å²) in [5.74, 6) is 0.359. The number of pyridine rings is 1. The number of aromatic nitrogens is 1. The number of hydrogen-bond acceptors (Lipinski definition) is 3.